The van der Waals surface area contributed by atoms with E-state index in [0.717, 1.165) is 18.7 Å². The van der Waals surface area contributed by atoms with Crippen molar-refractivity contribution in [2.75, 3.05) is 26.7 Å². The summed E-state index contributed by atoms with van der Waals surface area (Å²) in [5, 5.41) is 11.2. The maximum absolute atomic E-state index is 12.9. The Balaban J connectivity index is 1.84. The van der Waals surface area contributed by atoms with Crippen molar-refractivity contribution in [3.63, 3.8) is 0 Å². The van der Waals surface area contributed by atoms with Gasteiger partial charge in [-0.25, -0.2) is 0 Å². The summed E-state index contributed by atoms with van der Waals surface area (Å²) in [7, 11) is 2.04. The molecule has 1 saturated heterocycles. The fourth-order valence-electron chi connectivity index (χ4n) is 3.28. The normalized spacial score (nSPS) is 18.1. The lowest BCUT2D eigenvalue weighted by atomic mass is 10.0. The fraction of sp³-hybridized carbons (Fsp3) is 0.316. The molecule has 0 bridgehead atoms. The van der Waals surface area contributed by atoms with E-state index in [1.54, 1.807) is 18.2 Å². The molecule has 6 heteroatoms. The van der Waals surface area contributed by atoms with E-state index in [4.69, 9.17) is 0 Å². The molecule has 2 aromatic carbocycles. The van der Waals surface area contributed by atoms with Gasteiger partial charge < -0.3 is 9.80 Å². The van der Waals surface area contributed by atoms with Crippen LogP contribution in [0.3, 0.4) is 0 Å². The third kappa shape index (κ3) is 3.85. The summed E-state index contributed by atoms with van der Waals surface area (Å²) >= 11 is 0. The summed E-state index contributed by atoms with van der Waals surface area (Å²) in [4.78, 5) is 27.7. The Kier molecular flexibility index (Phi) is 5.09. The molecule has 1 unspecified atom stereocenters. The van der Waals surface area contributed by atoms with Crippen LogP contribution >= 0.6 is 0 Å². The topological polar surface area (TPSA) is 66.7 Å². The number of likely N-dealkylation sites (N-methyl/N-ethyl adjacent to an activating group) is 1. The summed E-state index contributed by atoms with van der Waals surface area (Å²) < 4.78 is 0. The predicted octanol–water partition coefficient (Wildman–Crippen LogP) is 2.65. The van der Waals surface area contributed by atoms with Gasteiger partial charge in [-0.15, -0.1) is 0 Å². The number of piperazine rings is 1. The van der Waals surface area contributed by atoms with Crippen LogP contribution in [0, 0.1) is 10.1 Å². The average Bonchev–Trinajstić information content (AvgIpc) is 2.62. The molecule has 3 rings (SSSR count). The first kappa shape index (κ1) is 17.1. The maximum atomic E-state index is 12.9. The van der Waals surface area contributed by atoms with Gasteiger partial charge in [0, 0.05) is 31.3 Å². The molecule has 1 atom stereocenters. The first-order chi connectivity index (χ1) is 12.1. The number of hydrogen-bond acceptors (Lipinski definition) is 4. The van der Waals surface area contributed by atoms with Crippen LogP contribution in [-0.2, 0) is 11.2 Å². The van der Waals surface area contributed by atoms with Crippen molar-refractivity contribution < 1.29 is 9.72 Å². The van der Waals surface area contributed by atoms with Crippen molar-refractivity contribution in [2.24, 2.45) is 0 Å². The van der Waals surface area contributed by atoms with Gasteiger partial charge in [-0.1, -0.05) is 48.5 Å². The Hall–Kier alpha value is -2.73. The summed E-state index contributed by atoms with van der Waals surface area (Å²) in [6.07, 6.45) is 0.0458. The average molecular weight is 339 g/mol. The van der Waals surface area contributed by atoms with Crippen LogP contribution in [0.4, 0.5) is 5.69 Å². The van der Waals surface area contributed by atoms with Crippen molar-refractivity contribution in [3.8, 4) is 0 Å². The van der Waals surface area contributed by atoms with E-state index < -0.39 is 4.92 Å². The molecule has 0 aromatic heterocycles. The SMILES string of the molecule is CN1CCN(C(=O)Cc2ccccc2[N+](=O)[O-])C(c2ccccc2)C1. The van der Waals surface area contributed by atoms with Crippen LogP contribution in [0.25, 0.3) is 0 Å². The van der Waals surface area contributed by atoms with Gasteiger partial charge in [0.2, 0.25) is 5.91 Å². The largest absolute Gasteiger partial charge is 0.333 e. The second-order valence-electron chi connectivity index (χ2n) is 6.34. The number of hydrogen-bond donors (Lipinski definition) is 0. The number of carbonyl (C=O) groups is 1. The van der Waals surface area contributed by atoms with Crippen molar-refractivity contribution in [2.45, 2.75) is 12.5 Å². The molecule has 1 fully saturated rings. The molecule has 130 valence electrons. The van der Waals surface area contributed by atoms with E-state index in [0.29, 0.717) is 12.1 Å². The van der Waals surface area contributed by atoms with E-state index in [9.17, 15) is 14.9 Å². The van der Waals surface area contributed by atoms with E-state index in [1.807, 2.05) is 42.3 Å². The molecule has 6 nitrogen and oxygen atoms in total. The van der Waals surface area contributed by atoms with Crippen LogP contribution < -0.4 is 0 Å². The first-order valence-corrected chi connectivity index (χ1v) is 8.31. The molecule has 1 aliphatic heterocycles. The zero-order valence-corrected chi connectivity index (χ0v) is 14.2. The third-order valence-corrected chi connectivity index (χ3v) is 4.62. The van der Waals surface area contributed by atoms with Crippen LogP contribution in [0.2, 0.25) is 0 Å². The third-order valence-electron chi connectivity index (χ3n) is 4.62. The lowest BCUT2D eigenvalue weighted by Gasteiger charge is -2.40. The van der Waals surface area contributed by atoms with Gasteiger partial charge in [0.1, 0.15) is 0 Å². The monoisotopic (exact) mass is 339 g/mol. The Morgan fingerprint density at radius 3 is 2.52 bits per heavy atom. The zero-order chi connectivity index (χ0) is 17.8. The number of rotatable bonds is 4. The fourth-order valence-corrected chi connectivity index (χ4v) is 3.28. The van der Waals surface area contributed by atoms with Gasteiger partial charge in [0.25, 0.3) is 5.69 Å². The summed E-state index contributed by atoms with van der Waals surface area (Å²) in [6, 6.07) is 16.4. The lowest BCUT2D eigenvalue weighted by Crippen LogP contribution is -2.49. The molecule has 0 aliphatic carbocycles. The molecular weight excluding hydrogens is 318 g/mol. The minimum atomic E-state index is -0.429. The van der Waals surface area contributed by atoms with Crippen molar-refractivity contribution >= 4 is 11.6 Å². The van der Waals surface area contributed by atoms with Crippen molar-refractivity contribution in [1.29, 1.82) is 0 Å². The number of nitro groups is 1. The Bertz CT molecular complexity index is 764. The van der Waals surface area contributed by atoms with E-state index in [-0.39, 0.29) is 24.1 Å². The van der Waals surface area contributed by atoms with Gasteiger partial charge in [-0.2, -0.15) is 0 Å². The van der Waals surface area contributed by atoms with Gasteiger partial charge in [0.15, 0.2) is 0 Å². The van der Waals surface area contributed by atoms with Crippen molar-refractivity contribution in [3.05, 3.63) is 75.8 Å². The van der Waals surface area contributed by atoms with Crippen LogP contribution in [0.15, 0.2) is 54.6 Å². The Labute approximate surface area is 146 Å². The van der Waals surface area contributed by atoms with Gasteiger partial charge >= 0.3 is 0 Å². The molecule has 2 aromatic rings. The highest BCUT2D eigenvalue weighted by Crippen LogP contribution is 2.27. The standard InChI is InChI=1S/C19H21N3O3/c1-20-11-12-21(18(14-20)15-7-3-2-4-8-15)19(23)13-16-9-5-6-10-17(16)22(24)25/h2-10,18H,11-14H2,1H3. The van der Waals surface area contributed by atoms with Gasteiger partial charge in [-0.05, 0) is 12.6 Å². The number of carbonyl (C=O) groups excluding carboxylic acids is 1. The minimum Gasteiger partial charge on any atom is -0.333 e. The van der Waals surface area contributed by atoms with Gasteiger partial charge in [-0.3, -0.25) is 14.9 Å². The van der Waals surface area contributed by atoms with E-state index >= 15 is 0 Å². The second-order valence-corrected chi connectivity index (χ2v) is 6.34. The van der Waals surface area contributed by atoms with Crippen LogP contribution in [0.5, 0.6) is 0 Å². The maximum Gasteiger partial charge on any atom is 0.273 e. The smallest absolute Gasteiger partial charge is 0.273 e. The number of para-hydroxylation sites is 1. The number of nitrogens with zero attached hydrogens (tertiary/aromatic N) is 3. The zero-order valence-electron chi connectivity index (χ0n) is 14.2. The predicted molar refractivity (Wildman–Crippen MR) is 95.2 cm³/mol. The molecule has 1 aliphatic rings. The molecule has 0 N–H and O–H groups in total. The van der Waals surface area contributed by atoms with Crippen LogP contribution in [0.1, 0.15) is 17.2 Å². The molecule has 1 heterocycles. The second kappa shape index (κ2) is 7.44. The first-order valence-electron chi connectivity index (χ1n) is 8.31. The highest BCUT2D eigenvalue weighted by atomic mass is 16.6. The highest BCUT2D eigenvalue weighted by Gasteiger charge is 2.31. The quantitative estimate of drug-likeness (QED) is 0.634. The molecular formula is C19H21N3O3. The Morgan fingerprint density at radius 2 is 1.80 bits per heavy atom. The van der Waals surface area contributed by atoms with Crippen molar-refractivity contribution in [1.82, 2.24) is 9.80 Å². The number of amides is 1. The molecule has 25 heavy (non-hydrogen) atoms. The highest BCUT2D eigenvalue weighted by molar-refractivity contribution is 5.80. The minimum absolute atomic E-state index is 0.00115. The van der Waals surface area contributed by atoms with E-state index in [2.05, 4.69) is 4.90 Å². The molecule has 0 radical (unpaired) electrons. The molecule has 1 amide bonds. The van der Waals surface area contributed by atoms with E-state index in [1.165, 1.54) is 6.07 Å². The summed E-state index contributed by atoms with van der Waals surface area (Å²) in [6.45, 7) is 2.17. The van der Waals surface area contributed by atoms with Gasteiger partial charge in [0.05, 0.1) is 17.4 Å². The number of nitro benzene ring substituents is 1. The molecule has 0 spiro atoms. The summed E-state index contributed by atoms with van der Waals surface area (Å²) in [5.74, 6) is -0.0729. The Morgan fingerprint density at radius 1 is 1.12 bits per heavy atom. The summed E-state index contributed by atoms with van der Waals surface area (Å²) in [5.41, 5.74) is 1.55. The lowest BCUT2D eigenvalue weighted by molar-refractivity contribution is -0.385. The number of benzene rings is 2. The molecule has 0 saturated carbocycles. The van der Waals surface area contributed by atoms with Crippen LogP contribution in [-0.4, -0.2) is 47.3 Å².